The van der Waals surface area contributed by atoms with Crippen molar-refractivity contribution in [1.82, 2.24) is 0 Å². The zero-order chi connectivity index (χ0) is 14.2. The zero-order valence-electron chi connectivity index (χ0n) is 14.2. The summed E-state index contributed by atoms with van der Waals surface area (Å²) in [4.78, 5) is 0. The van der Waals surface area contributed by atoms with Crippen molar-refractivity contribution in [3.05, 3.63) is 0 Å². The zero-order valence-corrected chi connectivity index (χ0v) is 14.2. The van der Waals surface area contributed by atoms with Gasteiger partial charge in [0.1, 0.15) is 0 Å². The van der Waals surface area contributed by atoms with Gasteiger partial charge in [-0.25, -0.2) is 0 Å². The van der Waals surface area contributed by atoms with Crippen LogP contribution in [0, 0.1) is 5.92 Å². The molecule has 0 rings (SSSR count). The third kappa shape index (κ3) is 14.2. The van der Waals surface area contributed by atoms with E-state index < -0.39 is 0 Å². The fourth-order valence-corrected chi connectivity index (χ4v) is 2.98. The molecule has 0 aromatic heterocycles. The van der Waals surface area contributed by atoms with Gasteiger partial charge in [0.05, 0.1) is 0 Å². The Kier molecular flexibility index (Phi) is 16.1. The van der Waals surface area contributed by atoms with E-state index in [1.165, 1.54) is 96.3 Å². The van der Waals surface area contributed by atoms with E-state index in [1.807, 2.05) is 0 Å². The summed E-state index contributed by atoms with van der Waals surface area (Å²) in [5.74, 6) is 1.02. The second-order valence-corrected chi connectivity index (χ2v) is 6.39. The highest BCUT2D eigenvalue weighted by Gasteiger charge is 2.05. The molecule has 0 aliphatic rings. The number of rotatable bonds is 15. The highest BCUT2D eigenvalue weighted by atomic mass is 14.1. The Hall–Kier alpha value is 0. The van der Waals surface area contributed by atoms with Gasteiger partial charge < -0.3 is 0 Å². The normalized spacial score (nSPS) is 12.8. The maximum absolute atomic E-state index is 2.38. The molecule has 0 heteroatoms. The lowest BCUT2D eigenvalue weighted by atomic mass is 9.92. The summed E-state index contributed by atoms with van der Waals surface area (Å²) in [6.45, 7) is 6.98. The van der Waals surface area contributed by atoms with Crippen LogP contribution in [-0.4, -0.2) is 0 Å². The van der Waals surface area contributed by atoms with Crippen molar-refractivity contribution in [3.63, 3.8) is 0 Å². The molecule has 0 amide bonds. The Balaban J connectivity index is 3.26. The van der Waals surface area contributed by atoms with Crippen molar-refractivity contribution in [2.45, 2.75) is 117 Å². The van der Waals surface area contributed by atoms with Gasteiger partial charge in [-0.15, -0.1) is 0 Å². The minimum atomic E-state index is 1.02. The van der Waals surface area contributed by atoms with Gasteiger partial charge in [0.15, 0.2) is 0 Å². The second-order valence-electron chi connectivity index (χ2n) is 6.39. The van der Waals surface area contributed by atoms with Crippen LogP contribution in [-0.2, 0) is 0 Å². The Morgan fingerprint density at radius 1 is 0.474 bits per heavy atom. The number of hydrogen-bond acceptors (Lipinski definition) is 0. The Morgan fingerprint density at radius 2 is 0.842 bits per heavy atom. The lowest BCUT2D eigenvalue weighted by molar-refractivity contribution is 0.394. The molecule has 0 nitrogen and oxygen atoms in total. The Morgan fingerprint density at radius 3 is 1.26 bits per heavy atom. The van der Waals surface area contributed by atoms with E-state index in [0.717, 1.165) is 5.92 Å². The van der Waals surface area contributed by atoms with E-state index in [4.69, 9.17) is 0 Å². The van der Waals surface area contributed by atoms with Crippen molar-refractivity contribution in [1.29, 1.82) is 0 Å². The average Bonchev–Trinajstić information content (AvgIpc) is 2.44. The van der Waals surface area contributed by atoms with Crippen LogP contribution in [0.2, 0.25) is 0 Å². The average molecular weight is 269 g/mol. The van der Waals surface area contributed by atoms with Gasteiger partial charge in [-0.3, -0.25) is 0 Å². The van der Waals surface area contributed by atoms with Crippen molar-refractivity contribution in [2.75, 3.05) is 0 Å². The molecule has 0 heterocycles. The SMILES string of the molecule is CCCCCCCCCCC(CC)CCCCCC. The quantitative estimate of drug-likeness (QED) is 0.269. The minimum Gasteiger partial charge on any atom is -0.0654 e. The molecule has 0 aromatic rings. The van der Waals surface area contributed by atoms with Crippen LogP contribution in [0.3, 0.4) is 0 Å². The second kappa shape index (κ2) is 16.1. The van der Waals surface area contributed by atoms with Crippen LogP contribution in [0.15, 0.2) is 0 Å². The van der Waals surface area contributed by atoms with Gasteiger partial charge in [0, 0.05) is 0 Å². The van der Waals surface area contributed by atoms with Crippen molar-refractivity contribution in [2.24, 2.45) is 5.92 Å². The summed E-state index contributed by atoms with van der Waals surface area (Å²) in [5.41, 5.74) is 0. The smallest absolute Gasteiger partial charge is 0.0417 e. The van der Waals surface area contributed by atoms with Crippen molar-refractivity contribution >= 4 is 0 Å². The molecule has 19 heavy (non-hydrogen) atoms. The van der Waals surface area contributed by atoms with E-state index >= 15 is 0 Å². The van der Waals surface area contributed by atoms with E-state index in [2.05, 4.69) is 20.8 Å². The van der Waals surface area contributed by atoms with Crippen LogP contribution in [0.1, 0.15) is 117 Å². The third-order valence-corrected chi connectivity index (χ3v) is 4.51. The Bertz CT molecular complexity index is 150. The maximum Gasteiger partial charge on any atom is -0.0417 e. The summed E-state index contributed by atoms with van der Waals surface area (Å²) in [7, 11) is 0. The first-order valence-electron chi connectivity index (χ1n) is 9.35. The van der Waals surface area contributed by atoms with Crippen LogP contribution in [0.4, 0.5) is 0 Å². The van der Waals surface area contributed by atoms with Gasteiger partial charge in [0.25, 0.3) is 0 Å². The molecule has 1 unspecified atom stereocenters. The predicted octanol–water partition coefficient (Wildman–Crippen LogP) is 7.51. The van der Waals surface area contributed by atoms with Crippen molar-refractivity contribution in [3.8, 4) is 0 Å². The van der Waals surface area contributed by atoms with E-state index in [-0.39, 0.29) is 0 Å². The topological polar surface area (TPSA) is 0 Å². The first-order valence-corrected chi connectivity index (χ1v) is 9.35. The monoisotopic (exact) mass is 268 g/mol. The minimum absolute atomic E-state index is 1.02. The molecule has 0 saturated heterocycles. The molecule has 0 fully saturated rings. The summed E-state index contributed by atoms with van der Waals surface area (Å²) in [6, 6.07) is 0. The van der Waals surface area contributed by atoms with Crippen LogP contribution in [0.25, 0.3) is 0 Å². The van der Waals surface area contributed by atoms with Gasteiger partial charge in [0.2, 0.25) is 0 Å². The van der Waals surface area contributed by atoms with E-state index in [0.29, 0.717) is 0 Å². The Labute approximate surface area is 123 Å². The predicted molar refractivity (Wildman–Crippen MR) is 89.8 cm³/mol. The van der Waals surface area contributed by atoms with Crippen LogP contribution < -0.4 is 0 Å². The lowest BCUT2D eigenvalue weighted by Crippen LogP contribution is -1.99. The summed E-state index contributed by atoms with van der Waals surface area (Å²) in [6.07, 6.45) is 21.8. The lowest BCUT2D eigenvalue weighted by Gasteiger charge is -2.14. The third-order valence-electron chi connectivity index (χ3n) is 4.51. The highest BCUT2D eigenvalue weighted by Crippen LogP contribution is 2.21. The van der Waals surface area contributed by atoms with Crippen LogP contribution >= 0.6 is 0 Å². The largest absolute Gasteiger partial charge is 0.0654 e. The molecule has 0 aromatic carbocycles. The number of unbranched alkanes of at least 4 members (excludes halogenated alkanes) is 10. The molecule has 0 radical (unpaired) electrons. The molecule has 0 spiro atoms. The van der Waals surface area contributed by atoms with Gasteiger partial charge in [-0.1, -0.05) is 117 Å². The fraction of sp³-hybridized carbons (Fsp3) is 1.00. The fourth-order valence-electron chi connectivity index (χ4n) is 2.98. The van der Waals surface area contributed by atoms with Crippen molar-refractivity contribution < 1.29 is 0 Å². The first-order chi connectivity index (χ1) is 9.35. The molecule has 0 saturated carbocycles. The van der Waals surface area contributed by atoms with Gasteiger partial charge in [-0.2, -0.15) is 0 Å². The molecular weight excluding hydrogens is 228 g/mol. The van der Waals surface area contributed by atoms with E-state index in [1.54, 1.807) is 0 Å². The molecule has 0 aliphatic carbocycles. The molecule has 1 atom stereocenters. The maximum atomic E-state index is 2.38. The summed E-state index contributed by atoms with van der Waals surface area (Å²) >= 11 is 0. The molecule has 0 aliphatic heterocycles. The number of hydrogen-bond donors (Lipinski definition) is 0. The first kappa shape index (κ1) is 19.0. The van der Waals surface area contributed by atoms with Gasteiger partial charge >= 0.3 is 0 Å². The summed E-state index contributed by atoms with van der Waals surface area (Å²) < 4.78 is 0. The molecule has 0 bridgehead atoms. The molecule has 0 N–H and O–H groups in total. The van der Waals surface area contributed by atoms with Gasteiger partial charge in [-0.05, 0) is 5.92 Å². The van der Waals surface area contributed by atoms with E-state index in [9.17, 15) is 0 Å². The molecule has 116 valence electrons. The highest BCUT2D eigenvalue weighted by molar-refractivity contribution is 4.59. The van der Waals surface area contributed by atoms with Crippen LogP contribution in [0.5, 0.6) is 0 Å². The summed E-state index contributed by atoms with van der Waals surface area (Å²) in [5, 5.41) is 0. The molecular formula is C19H40. The standard InChI is InChI=1S/C19H40/c1-4-7-9-11-12-13-14-16-18-19(6-3)17-15-10-8-5-2/h19H,4-18H2,1-3H3.